The molecular formula is C18H26N4O. The fourth-order valence-corrected chi connectivity index (χ4v) is 2.76. The first kappa shape index (κ1) is 17.2. The smallest absolute Gasteiger partial charge is 0.269 e. The minimum atomic E-state index is -0.0983. The van der Waals surface area contributed by atoms with E-state index in [0.717, 1.165) is 12.2 Å². The summed E-state index contributed by atoms with van der Waals surface area (Å²) in [7, 11) is 0. The van der Waals surface area contributed by atoms with Crippen molar-refractivity contribution in [3.63, 3.8) is 0 Å². The number of nitrogens with one attached hydrogen (secondary N) is 1. The number of carbonyl (C=O) groups excluding carboxylic acids is 1. The van der Waals surface area contributed by atoms with Crippen LogP contribution >= 0.6 is 0 Å². The third-order valence-electron chi connectivity index (χ3n) is 3.89. The normalized spacial score (nSPS) is 11.4. The van der Waals surface area contributed by atoms with E-state index in [-0.39, 0.29) is 5.91 Å². The van der Waals surface area contributed by atoms with E-state index in [2.05, 4.69) is 42.9 Å². The molecule has 5 nitrogen and oxygen atoms in total. The minimum Gasteiger partial charge on any atom is -0.349 e. The fourth-order valence-electron chi connectivity index (χ4n) is 2.76. The molecule has 1 aromatic carbocycles. The molecule has 1 aromatic heterocycles. The summed E-state index contributed by atoms with van der Waals surface area (Å²) < 4.78 is 1.80. The molecule has 124 valence electrons. The Morgan fingerprint density at radius 2 is 1.83 bits per heavy atom. The Labute approximate surface area is 138 Å². The van der Waals surface area contributed by atoms with Crippen LogP contribution < -0.4 is 5.32 Å². The van der Waals surface area contributed by atoms with E-state index in [4.69, 9.17) is 0 Å². The third-order valence-corrected chi connectivity index (χ3v) is 3.89. The van der Waals surface area contributed by atoms with Crippen molar-refractivity contribution in [3.8, 4) is 5.69 Å². The van der Waals surface area contributed by atoms with Gasteiger partial charge in [0.05, 0.1) is 12.5 Å². The predicted octanol–water partition coefficient (Wildman–Crippen LogP) is 2.72. The lowest BCUT2D eigenvalue weighted by molar-refractivity contribution is 0.0932. The van der Waals surface area contributed by atoms with Crippen LogP contribution in [0.3, 0.4) is 0 Å². The second-order valence-electron chi connectivity index (χ2n) is 6.17. The van der Waals surface area contributed by atoms with E-state index in [9.17, 15) is 4.79 Å². The first-order valence-electron chi connectivity index (χ1n) is 8.12. The summed E-state index contributed by atoms with van der Waals surface area (Å²) in [6.07, 6.45) is 3.27. The van der Waals surface area contributed by atoms with Crippen LogP contribution in [0.5, 0.6) is 0 Å². The Balaban J connectivity index is 1.99. The lowest BCUT2D eigenvalue weighted by Gasteiger charge is -2.30. The van der Waals surface area contributed by atoms with Crippen molar-refractivity contribution in [3.05, 3.63) is 48.5 Å². The van der Waals surface area contributed by atoms with Gasteiger partial charge in [0, 0.05) is 30.9 Å². The number of carbonyl (C=O) groups is 1. The molecule has 0 saturated heterocycles. The van der Waals surface area contributed by atoms with E-state index < -0.39 is 0 Å². The number of hydrogen-bond acceptors (Lipinski definition) is 3. The van der Waals surface area contributed by atoms with Crippen LogP contribution in [0, 0.1) is 0 Å². The molecule has 0 aliphatic carbocycles. The van der Waals surface area contributed by atoms with Gasteiger partial charge in [-0.05, 0) is 39.8 Å². The molecule has 0 bridgehead atoms. The van der Waals surface area contributed by atoms with E-state index >= 15 is 0 Å². The van der Waals surface area contributed by atoms with Crippen LogP contribution in [0.2, 0.25) is 0 Å². The molecule has 1 N–H and O–H groups in total. The molecule has 0 saturated carbocycles. The number of para-hydroxylation sites is 1. The van der Waals surface area contributed by atoms with Gasteiger partial charge in [0.15, 0.2) is 0 Å². The summed E-state index contributed by atoms with van der Waals surface area (Å²) in [5.41, 5.74) is 1.48. The lowest BCUT2D eigenvalue weighted by atomic mass is 10.2. The molecule has 23 heavy (non-hydrogen) atoms. The van der Waals surface area contributed by atoms with Crippen molar-refractivity contribution in [1.82, 2.24) is 19.8 Å². The van der Waals surface area contributed by atoms with Crippen LogP contribution in [-0.2, 0) is 0 Å². The van der Waals surface area contributed by atoms with E-state index in [0.29, 0.717) is 24.3 Å². The molecule has 0 spiro atoms. The zero-order valence-electron chi connectivity index (χ0n) is 14.4. The van der Waals surface area contributed by atoms with Crippen LogP contribution in [0.1, 0.15) is 38.2 Å². The van der Waals surface area contributed by atoms with Gasteiger partial charge in [-0.25, -0.2) is 4.98 Å². The highest BCUT2D eigenvalue weighted by atomic mass is 16.1. The zero-order valence-corrected chi connectivity index (χ0v) is 14.4. The van der Waals surface area contributed by atoms with Crippen molar-refractivity contribution in [1.29, 1.82) is 0 Å². The quantitative estimate of drug-likeness (QED) is 0.855. The monoisotopic (exact) mass is 314 g/mol. The van der Waals surface area contributed by atoms with Gasteiger partial charge in [0.2, 0.25) is 0 Å². The zero-order chi connectivity index (χ0) is 16.8. The molecule has 5 heteroatoms. The summed E-state index contributed by atoms with van der Waals surface area (Å²) in [5.74, 6) is -0.0983. The number of imidazole rings is 1. The molecule has 0 aliphatic heterocycles. The van der Waals surface area contributed by atoms with Gasteiger partial charge in [-0.2, -0.15) is 0 Å². The summed E-state index contributed by atoms with van der Waals surface area (Å²) in [6, 6.07) is 10.7. The predicted molar refractivity (Wildman–Crippen MR) is 92.9 cm³/mol. The van der Waals surface area contributed by atoms with Crippen molar-refractivity contribution in [2.24, 2.45) is 0 Å². The lowest BCUT2D eigenvalue weighted by Crippen LogP contribution is -2.42. The standard InChI is InChI=1S/C18H26N4O/c1-14(2)21(15(3)4)11-10-20-18(23)17-12-19-13-22(17)16-8-6-5-7-9-16/h5-9,12-15H,10-11H2,1-4H3,(H,20,23). The van der Waals surface area contributed by atoms with Gasteiger partial charge in [0.25, 0.3) is 5.91 Å². The Morgan fingerprint density at radius 1 is 1.17 bits per heavy atom. The van der Waals surface area contributed by atoms with Crippen LogP contribution in [0.25, 0.3) is 5.69 Å². The number of benzene rings is 1. The average Bonchev–Trinajstić information content (AvgIpc) is 3.01. The molecule has 2 rings (SSSR count). The maximum atomic E-state index is 12.4. The highest BCUT2D eigenvalue weighted by Gasteiger charge is 2.15. The maximum absolute atomic E-state index is 12.4. The van der Waals surface area contributed by atoms with E-state index in [1.165, 1.54) is 0 Å². The fraction of sp³-hybridized carbons (Fsp3) is 0.444. The second kappa shape index (κ2) is 7.92. The highest BCUT2D eigenvalue weighted by molar-refractivity contribution is 5.92. The van der Waals surface area contributed by atoms with Crippen molar-refractivity contribution < 1.29 is 4.79 Å². The van der Waals surface area contributed by atoms with Crippen molar-refractivity contribution in [2.75, 3.05) is 13.1 Å². The second-order valence-corrected chi connectivity index (χ2v) is 6.17. The van der Waals surface area contributed by atoms with Crippen LogP contribution in [0.15, 0.2) is 42.9 Å². The van der Waals surface area contributed by atoms with Crippen LogP contribution in [-0.4, -0.2) is 45.5 Å². The Bertz CT molecular complexity index is 611. The minimum absolute atomic E-state index is 0.0983. The highest BCUT2D eigenvalue weighted by Crippen LogP contribution is 2.10. The van der Waals surface area contributed by atoms with Crippen molar-refractivity contribution in [2.45, 2.75) is 39.8 Å². The largest absolute Gasteiger partial charge is 0.349 e. The molecule has 0 atom stereocenters. The van der Waals surface area contributed by atoms with Gasteiger partial charge in [-0.3, -0.25) is 14.3 Å². The number of aromatic nitrogens is 2. The average molecular weight is 314 g/mol. The first-order valence-corrected chi connectivity index (χ1v) is 8.12. The van der Waals surface area contributed by atoms with Gasteiger partial charge in [-0.1, -0.05) is 18.2 Å². The topological polar surface area (TPSA) is 50.2 Å². The number of rotatable bonds is 7. The van der Waals surface area contributed by atoms with Crippen molar-refractivity contribution >= 4 is 5.91 Å². The molecule has 0 radical (unpaired) electrons. The van der Waals surface area contributed by atoms with E-state index in [1.807, 2.05) is 30.3 Å². The molecule has 2 aromatic rings. The third kappa shape index (κ3) is 4.42. The van der Waals surface area contributed by atoms with E-state index in [1.54, 1.807) is 17.1 Å². The summed E-state index contributed by atoms with van der Waals surface area (Å²) in [6.45, 7) is 10.1. The van der Waals surface area contributed by atoms with Gasteiger partial charge >= 0.3 is 0 Å². The Hall–Kier alpha value is -2.14. The van der Waals surface area contributed by atoms with Gasteiger partial charge in [0.1, 0.15) is 5.69 Å². The molecular weight excluding hydrogens is 288 g/mol. The SMILES string of the molecule is CC(C)N(CCNC(=O)c1cncn1-c1ccccc1)C(C)C. The van der Waals surface area contributed by atoms with Crippen LogP contribution in [0.4, 0.5) is 0 Å². The Kier molecular flexibility index (Phi) is 5.93. The number of nitrogens with zero attached hydrogens (tertiary/aromatic N) is 3. The maximum Gasteiger partial charge on any atom is 0.269 e. The molecule has 1 heterocycles. The first-order chi connectivity index (χ1) is 11.0. The molecule has 0 unspecified atom stereocenters. The molecule has 0 aliphatic rings. The summed E-state index contributed by atoms with van der Waals surface area (Å²) >= 11 is 0. The molecule has 1 amide bonds. The van der Waals surface area contributed by atoms with Gasteiger partial charge in [-0.15, -0.1) is 0 Å². The number of amides is 1. The number of hydrogen-bond donors (Lipinski definition) is 1. The molecule has 0 fully saturated rings. The Morgan fingerprint density at radius 3 is 2.43 bits per heavy atom. The summed E-state index contributed by atoms with van der Waals surface area (Å²) in [4.78, 5) is 18.9. The van der Waals surface area contributed by atoms with Gasteiger partial charge < -0.3 is 5.32 Å². The summed E-state index contributed by atoms with van der Waals surface area (Å²) in [5, 5.41) is 2.99.